The number of amides is 1. The van der Waals surface area contributed by atoms with E-state index < -0.39 is 10.0 Å². The van der Waals surface area contributed by atoms with Crippen LogP contribution in [-0.2, 0) is 19.6 Å². The van der Waals surface area contributed by atoms with Crippen molar-refractivity contribution in [3.05, 3.63) is 29.8 Å². The Morgan fingerprint density at radius 1 is 1.25 bits per heavy atom. The van der Waals surface area contributed by atoms with Crippen molar-refractivity contribution in [3.8, 4) is 0 Å². The van der Waals surface area contributed by atoms with E-state index in [4.69, 9.17) is 4.74 Å². The van der Waals surface area contributed by atoms with Crippen LogP contribution in [0.15, 0.2) is 29.2 Å². The van der Waals surface area contributed by atoms with Crippen LogP contribution in [0.1, 0.15) is 32.3 Å². The van der Waals surface area contributed by atoms with Crippen molar-refractivity contribution in [2.24, 2.45) is 0 Å². The number of nitrogens with one attached hydrogen (secondary N) is 1. The Kier molecular flexibility index (Phi) is 8.88. The van der Waals surface area contributed by atoms with Gasteiger partial charge in [0.15, 0.2) is 0 Å². The molecule has 158 valence electrons. The first-order valence-corrected chi connectivity index (χ1v) is 11.4. The number of benzene rings is 1. The second kappa shape index (κ2) is 10.9. The van der Waals surface area contributed by atoms with Crippen molar-refractivity contribution in [3.63, 3.8) is 0 Å². The molecule has 0 saturated carbocycles. The highest BCUT2D eigenvalue weighted by Crippen LogP contribution is 2.18. The van der Waals surface area contributed by atoms with Gasteiger partial charge in [-0.3, -0.25) is 4.79 Å². The zero-order chi connectivity index (χ0) is 20.6. The predicted octanol–water partition coefficient (Wildman–Crippen LogP) is 1.62. The summed E-state index contributed by atoms with van der Waals surface area (Å²) in [4.78, 5) is 14.6. The number of aryl methyl sites for hydroxylation is 1. The molecular formula is C20H33N3O4S. The quantitative estimate of drug-likeness (QED) is 0.592. The fourth-order valence-corrected chi connectivity index (χ4v) is 4.71. The average molecular weight is 412 g/mol. The number of piperazine rings is 1. The average Bonchev–Trinajstić information content (AvgIpc) is 2.67. The van der Waals surface area contributed by atoms with Gasteiger partial charge in [-0.2, -0.15) is 4.31 Å². The molecule has 0 spiro atoms. The molecule has 1 amide bonds. The molecule has 2 rings (SSSR count). The van der Waals surface area contributed by atoms with E-state index in [1.165, 1.54) is 4.31 Å². The zero-order valence-electron chi connectivity index (χ0n) is 17.2. The highest BCUT2D eigenvalue weighted by Gasteiger charge is 2.26. The number of nitrogens with zero attached hydrogens (tertiary/aromatic N) is 2. The van der Waals surface area contributed by atoms with Gasteiger partial charge in [-0.25, -0.2) is 8.42 Å². The van der Waals surface area contributed by atoms with Crippen molar-refractivity contribution in [2.45, 2.75) is 44.6 Å². The molecule has 0 aromatic heterocycles. The molecule has 7 nitrogen and oxygen atoms in total. The Balaban J connectivity index is 2.06. The van der Waals surface area contributed by atoms with Crippen LogP contribution in [0.5, 0.6) is 0 Å². The summed E-state index contributed by atoms with van der Waals surface area (Å²) < 4.78 is 33.3. The molecule has 1 fully saturated rings. The molecule has 1 saturated heterocycles. The molecule has 1 aromatic carbocycles. The van der Waals surface area contributed by atoms with Crippen LogP contribution in [0.3, 0.4) is 0 Å². The maximum absolute atomic E-state index is 13.2. The smallest absolute Gasteiger partial charge is 0.243 e. The molecule has 1 aliphatic heterocycles. The summed E-state index contributed by atoms with van der Waals surface area (Å²) in [6.07, 6.45) is 0.886. The molecule has 1 heterocycles. The van der Waals surface area contributed by atoms with Gasteiger partial charge in [0.2, 0.25) is 15.9 Å². The van der Waals surface area contributed by atoms with Crippen LogP contribution < -0.4 is 5.32 Å². The Morgan fingerprint density at radius 3 is 2.61 bits per heavy atom. The molecule has 0 radical (unpaired) electrons. The van der Waals surface area contributed by atoms with E-state index in [9.17, 15) is 13.2 Å². The summed E-state index contributed by atoms with van der Waals surface area (Å²) in [5.74, 6) is 0.00405. The van der Waals surface area contributed by atoms with Crippen LogP contribution in [0, 0.1) is 6.92 Å². The molecule has 0 aliphatic carbocycles. The van der Waals surface area contributed by atoms with Crippen LogP contribution in [0.4, 0.5) is 0 Å². The van der Waals surface area contributed by atoms with Crippen LogP contribution in [0.2, 0.25) is 0 Å². The van der Waals surface area contributed by atoms with Gasteiger partial charge in [0.25, 0.3) is 0 Å². The third-order valence-electron chi connectivity index (χ3n) is 4.68. The third kappa shape index (κ3) is 6.84. The number of hydrogen-bond donors (Lipinski definition) is 1. The van der Waals surface area contributed by atoms with Gasteiger partial charge < -0.3 is 15.0 Å². The standard InChI is InChI=1S/C20H33N3O4S/c1-17(2)27-15-5-11-23(12-8-20(24)22-13-9-21-10-14-22)28(25,26)19-7-4-6-18(3)16-19/h4,6-7,16-17,21H,5,8-15H2,1-3H3. The summed E-state index contributed by atoms with van der Waals surface area (Å²) in [5.41, 5.74) is 0.890. The van der Waals surface area contributed by atoms with Gasteiger partial charge in [-0.15, -0.1) is 0 Å². The lowest BCUT2D eigenvalue weighted by Gasteiger charge is -2.29. The van der Waals surface area contributed by atoms with Gasteiger partial charge in [0.1, 0.15) is 0 Å². The SMILES string of the molecule is Cc1cccc(S(=O)(=O)N(CCCOC(C)C)CCC(=O)N2CCNCC2)c1. The highest BCUT2D eigenvalue weighted by molar-refractivity contribution is 7.89. The minimum Gasteiger partial charge on any atom is -0.379 e. The van der Waals surface area contributed by atoms with Crippen molar-refractivity contribution < 1.29 is 17.9 Å². The molecule has 1 aromatic rings. The lowest BCUT2D eigenvalue weighted by Crippen LogP contribution is -2.47. The van der Waals surface area contributed by atoms with E-state index in [1.54, 1.807) is 23.1 Å². The summed E-state index contributed by atoms with van der Waals surface area (Å²) in [7, 11) is -3.66. The van der Waals surface area contributed by atoms with Gasteiger partial charge in [0, 0.05) is 52.3 Å². The van der Waals surface area contributed by atoms with E-state index in [0.29, 0.717) is 32.7 Å². The molecular weight excluding hydrogens is 378 g/mol. The molecule has 0 atom stereocenters. The van der Waals surface area contributed by atoms with Crippen molar-refractivity contribution in [1.82, 2.24) is 14.5 Å². The zero-order valence-corrected chi connectivity index (χ0v) is 18.0. The lowest BCUT2D eigenvalue weighted by atomic mass is 10.2. The third-order valence-corrected chi connectivity index (χ3v) is 6.57. The van der Waals surface area contributed by atoms with E-state index in [2.05, 4.69) is 5.32 Å². The summed E-state index contributed by atoms with van der Waals surface area (Å²) in [5, 5.41) is 3.21. The normalized spacial score (nSPS) is 15.4. The number of carbonyl (C=O) groups excluding carboxylic acids is 1. The second-order valence-electron chi connectivity index (χ2n) is 7.37. The first-order valence-electron chi connectivity index (χ1n) is 9.97. The van der Waals surface area contributed by atoms with Crippen LogP contribution in [0.25, 0.3) is 0 Å². The summed E-state index contributed by atoms with van der Waals surface area (Å²) in [6.45, 7) is 9.68. The first-order chi connectivity index (χ1) is 13.3. The van der Waals surface area contributed by atoms with Gasteiger partial charge in [-0.05, 0) is 44.9 Å². The fourth-order valence-electron chi connectivity index (χ4n) is 3.13. The summed E-state index contributed by atoms with van der Waals surface area (Å²) >= 11 is 0. The van der Waals surface area contributed by atoms with Gasteiger partial charge >= 0.3 is 0 Å². The highest BCUT2D eigenvalue weighted by atomic mass is 32.2. The van der Waals surface area contributed by atoms with E-state index in [0.717, 1.165) is 18.7 Å². The molecule has 0 unspecified atom stereocenters. The maximum atomic E-state index is 13.2. The first kappa shape index (κ1) is 22.8. The van der Waals surface area contributed by atoms with E-state index >= 15 is 0 Å². The topological polar surface area (TPSA) is 79.0 Å². The molecule has 1 N–H and O–H groups in total. The largest absolute Gasteiger partial charge is 0.379 e. The Labute approximate surface area is 169 Å². The molecule has 0 bridgehead atoms. The second-order valence-corrected chi connectivity index (χ2v) is 9.31. The number of sulfonamides is 1. The van der Waals surface area contributed by atoms with Crippen molar-refractivity contribution in [1.29, 1.82) is 0 Å². The van der Waals surface area contributed by atoms with Crippen LogP contribution >= 0.6 is 0 Å². The number of carbonyl (C=O) groups is 1. The monoisotopic (exact) mass is 411 g/mol. The van der Waals surface area contributed by atoms with Crippen molar-refractivity contribution >= 4 is 15.9 Å². The Bertz CT molecular complexity index is 731. The predicted molar refractivity (Wildman–Crippen MR) is 110 cm³/mol. The minimum absolute atomic E-state index is 0.00405. The maximum Gasteiger partial charge on any atom is 0.243 e. The van der Waals surface area contributed by atoms with Gasteiger partial charge in [0.05, 0.1) is 11.0 Å². The van der Waals surface area contributed by atoms with E-state index in [1.807, 2.05) is 26.8 Å². The fraction of sp³-hybridized carbons (Fsp3) is 0.650. The number of rotatable bonds is 10. The molecule has 1 aliphatic rings. The number of hydrogen-bond acceptors (Lipinski definition) is 5. The number of ether oxygens (including phenoxy) is 1. The summed E-state index contributed by atoms with van der Waals surface area (Å²) in [6, 6.07) is 6.89. The Hall–Kier alpha value is -1.48. The minimum atomic E-state index is -3.66. The molecule has 28 heavy (non-hydrogen) atoms. The lowest BCUT2D eigenvalue weighted by molar-refractivity contribution is -0.131. The Morgan fingerprint density at radius 2 is 1.96 bits per heavy atom. The van der Waals surface area contributed by atoms with Crippen LogP contribution in [-0.4, -0.2) is 75.5 Å². The van der Waals surface area contributed by atoms with E-state index in [-0.39, 0.29) is 29.9 Å². The van der Waals surface area contributed by atoms with Crippen molar-refractivity contribution in [2.75, 3.05) is 45.9 Å². The van der Waals surface area contributed by atoms with Gasteiger partial charge in [-0.1, -0.05) is 12.1 Å². The molecule has 8 heteroatoms.